The number of thiazole rings is 1. The van der Waals surface area contributed by atoms with Gasteiger partial charge in [-0.2, -0.15) is 0 Å². The SMILES string of the molecule is COc1c(C[C@H](NC(=O)/C(=N\OCc2ccccc2)c2csc(NC(=O)OC(C)(C)C)n2)B2OC3C[C@H]4C[C@@H](C4(C)C)[C@]3(C)O2)ccc(/C=C/C(=O)OC(C)(C)C)c1C(=O)OC(C)(C)C. The first kappa shape index (κ1) is 49.2. The molecule has 4 aliphatic rings. The van der Waals surface area contributed by atoms with E-state index in [2.05, 4.69) is 41.5 Å². The lowest BCUT2D eigenvalue weighted by Crippen LogP contribution is -2.65. The number of rotatable bonds is 14. The van der Waals surface area contributed by atoms with E-state index in [4.69, 9.17) is 33.1 Å². The van der Waals surface area contributed by atoms with Gasteiger partial charge in [0.1, 0.15) is 40.4 Å². The second-order valence-electron chi connectivity index (χ2n) is 20.6. The summed E-state index contributed by atoms with van der Waals surface area (Å²) in [6, 6.07) is 12.8. The highest BCUT2D eigenvalue weighted by molar-refractivity contribution is 7.14. The molecule has 1 saturated heterocycles. The largest absolute Gasteiger partial charge is 0.496 e. The Kier molecular flexibility index (Phi) is 14.3. The van der Waals surface area contributed by atoms with Crippen LogP contribution in [0.25, 0.3) is 6.08 Å². The van der Waals surface area contributed by atoms with Crippen molar-refractivity contribution in [1.29, 1.82) is 0 Å². The number of amides is 2. The monoisotopic (exact) mass is 914 g/mol. The number of hydrogen-bond acceptors (Lipinski definition) is 14. The molecule has 65 heavy (non-hydrogen) atoms. The first-order chi connectivity index (χ1) is 30.3. The molecule has 3 saturated carbocycles. The summed E-state index contributed by atoms with van der Waals surface area (Å²) in [5.41, 5.74) is -1.23. The van der Waals surface area contributed by atoms with Gasteiger partial charge in [-0.25, -0.2) is 19.4 Å². The molecule has 17 heteroatoms. The Balaban J connectivity index is 1.39. The lowest BCUT2D eigenvalue weighted by atomic mass is 9.43. The third-order valence-electron chi connectivity index (χ3n) is 11.7. The Hall–Kier alpha value is -5.26. The number of hydrogen-bond donors (Lipinski definition) is 2. The molecule has 0 spiro atoms. The van der Waals surface area contributed by atoms with Crippen LogP contribution in [0.2, 0.25) is 0 Å². The molecule has 2 bridgehead atoms. The number of carbonyl (C=O) groups is 4. The van der Waals surface area contributed by atoms with Crippen molar-refractivity contribution >= 4 is 59.3 Å². The molecule has 1 aliphatic heterocycles. The number of benzene rings is 2. The van der Waals surface area contributed by atoms with Crippen LogP contribution in [0, 0.1) is 17.3 Å². The molecule has 7 rings (SSSR count). The fourth-order valence-electron chi connectivity index (χ4n) is 8.75. The van der Waals surface area contributed by atoms with Crippen LogP contribution in [0.4, 0.5) is 9.93 Å². The van der Waals surface area contributed by atoms with Crippen LogP contribution in [0.1, 0.15) is 129 Å². The fourth-order valence-corrected chi connectivity index (χ4v) is 9.43. The van der Waals surface area contributed by atoms with Crippen molar-refractivity contribution in [1.82, 2.24) is 10.3 Å². The second-order valence-corrected chi connectivity index (χ2v) is 21.4. The smallest absolute Gasteiger partial charge is 0.482 e. The van der Waals surface area contributed by atoms with Crippen molar-refractivity contribution in [2.24, 2.45) is 22.4 Å². The van der Waals surface area contributed by atoms with Gasteiger partial charge in [0.25, 0.3) is 5.91 Å². The van der Waals surface area contributed by atoms with Crippen LogP contribution < -0.4 is 15.4 Å². The molecule has 1 unspecified atom stereocenters. The summed E-state index contributed by atoms with van der Waals surface area (Å²) >= 11 is 1.08. The third-order valence-corrected chi connectivity index (χ3v) is 12.5. The Morgan fingerprint density at radius 2 is 1.62 bits per heavy atom. The quantitative estimate of drug-likeness (QED) is 0.0393. The van der Waals surface area contributed by atoms with E-state index >= 15 is 0 Å². The molecule has 5 atom stereocenters. The van der Waals surface area contributed by atoms with Gasteiger partial charge in [0.2, 0.25) is 0 Å². The molecule has 4 fully saturated rings. The van der Waals surface area contributed by atoms with Crippen molar-refractivity contribution in [2.75, 3.05) is 12.4 Å². The highest BCUT2D eigenvalue weighted by atomic mass is 32.1. The highest BCUT2D eigenvalue weighted by Gasteiger charge is 2.68. The van der Waals surface area contributed by atoms with Gasteiger partial charge in [0.05, 0.1) is 24.8 Å². The molecular formula is C48H63BN4O11S. The van der Waals surface area contributed by atoms with Gasteiger partial charge in [-0.3, -0.25) is 10.1 Å². The lowest BCUT2D eigenvalue weighted by molar-refractivity contribution is -0.199. The zero-order valence-electron chi connectivity index (χ0n) is 39.8. The van der Waals surface area contributed by atoms with Crippen LogP contribution in [-0.4, -0.2) is 83.3 Å². The Morgan fingerprint density at radius 1 is 0.938 bits per heavy atom. The molecule has 2 amide bonds. The van der Waals surface area contributed by atoms with Crippen LogP contribution >= 0.6 is 11.3 Å². The van der Waals surface area contributed by atoms with Gasteiger partial charge in [0, 0.05) is 11.5 Å². The van der Waals surface area contributed by atoms with Crippen LogP contribution in [-0.2, 0) is 51.0 Å². The van der Waals surface area contributed by atoms with E-state index in [0.29, 0.717) is 17.0 Å². The number of esters is 2. The molecule has 350 valence electrons. The van der Waals surface area contributed by atoms with Crippen molar-refractivity contribution < 1.29 is 52.3 Å². The molecule has 15 nitrogen and oxygen atoms in total. The van der Waals surface area contributed by atoms with Crippen molar-refractivity contribution in [3.05, 3.63) is 81.9 Å². The van der Waals surface area contributed by atoms with E-state index in [9.17, 15) is 19.2 Å². The van der Waals surface area contributed by atoms with Gasteiger partial charge in [-0.15, -0.1) is 11.3 Å². The van der Waals surface area contributed by atoms with Crippen molar-refractivity contribution in [3.63, 3.8) is 0 Å². The zero-order chi connectivity index (χ0) is 47.7. The minimum absolute atomic E-state index is 0.0437. The van der Waals surface area contributed by atoms with E-state index in [1.807, 2.05) is 30.3 Å². The summed E-state index contributed by atoms with van der Waals surface area (Å²) in [5, 5.41) is 11.8. The van der Waals surface area contributed by atoms with E-state index in [-0.39, 0.29) is 58.3 Å². The maximum Gasteiger partial charge on any atom is 0.482 e. The molecule has 2 N–H and O–H groups in total. The molecule has 3 aliphatic carbocycles. The molecule has 2 aromatic carbocycles. The summed E-state index contributed by atoms with van der Waals surface area (Å²) < 4.78 is 36.5. The summed E-state index contributed by atoms with van der Waals surface area (Å²) in [4.78, 5) is 64.6. The maximum atomic E-state index is 14.8. The molecule has 2 heterocycles. The summed E-state index contributed by atoms with van der Waals surface area (Å²) in [6.07, 6.45) is 3.65. The van der Waals surface area contributed by atoms with E-state index < -0.39 is 59.4 Å². The lowest BCUT2D eigenvalue weighted by Gasteiger charge is -2.64. The van der Waals surface area contributed by atoms with E-state index in [0.717, 1.165) is 29.7 Å². The second kappa shape index (κ2) is 18.9. The van der Waals surface area contributed by atoms with E-state index in [1.165, 1.54) is 19.3 Å². The highest BCUT2D eigenvalue weighted by Crippen LogP contribution is 2.65. The molecule has 3 aromatic rings. The molecule has 0 radical (unpaired) electrons. The standard InChI is InChI=1S/C48H63BN4O11S/c1-44(2,3)60-36(54)22-21-29-19-20-30(39(58-13)37(29)41(56)61-45(4,5)6)23-35(49-63-34-25-31-24-33(47(31,10)11)48(34,12)64-49)51-40(55)38(53-59-26-28-17-15-14-16-18-28)32-27-65-42(50-32)52-43(57)62-46(7,8)9/h14-22,27,31,33-35H,23-26H2,1-13H3,(H,51,55)(H,50,52,57)/b22-21+,53-38-/t31-,33+,34?,35+,48+/m1/s1. The van der Waals surface area contributed by atoms with Gasteiger partial charge in [0.15, 0.2) is 10.8 Å². The first-order valence-electron chi connectivity index (χ1n) is 21.9. The number of methoxy groups -OCH3 is 1. The predicted octanol–water partition coefficient (Wildman–Crippen LogP) is 8.72. The van der Waals surface area contributed by atoms with Gasteiger partial charge in [-0.1, -0.05) is 61.5 Å². The number of nitrogens with zero attached hydrogens (tertiary/aromatic N) is 2. The number of anilines is 1. The predicted molar refractivity (Wildman–Crippen MR) is 249 cm³/mol. The molecule has 1 aromatic heterocycles. The fraction of sp³-hybridized carbons (Fsp3) is 0.542. The minimum atomic E-state index is -0.947. The van der Waals surface area contributed by atoms with Crippen LogP contribution in [0.5, 0.6) is 5.75 Å². The van der Waals surface area contributed by atoms with Gasteiger partial charge in [-0.05, 0) is 129 Å². The van der Waals surface area contributed by atoms with Crippen molar-refractivity contribution in [2.45, 2.75) is 143 Å². The maximum absolute atomic E-state index is 14.8. The Bertz CT molecular complexity index is 2310. The number of aromatic nitrogens is 1. The normalized spacial score (nSPS) is 22.0. The van der Waals surface area contributed by atoms with Gasteiger partial charge < -0.3 is 38.4 Å². The van der Waals surface area contributed by atoms with Gasteiger partial charge >= 0.3 is 25.2 Å². The topological polar surface area (TPSA) is 182 Å². The van der Waals surface area contributed by atoms with E-state index in [1.54, 1.807) is 79.8 Å². The number of carbonyl (C=O) groups excluding carboxylic acids is 4. The average molecular weight is 915 g/mol. The van der Waals surface area contributed by atoms with Crippen LogP contribution in [0.3, 0.4) is 0 Å². The summed E-state index contributed by atoms with van der Waals surface area (Å²) in [6.45, 7) is 22.5. The summed E-state index contributed by atoms with van der Waals surface area (Å²) in [7, 11) is 0.492. The summed E-state index contributed by atoms with van der Waals surface area (Å²) in [5.74, 6) is -1.98. The first-order valence-corrected chi connectivity index (χ1v) is 22.8. The Morgan fingerprint density at radius 3 is 2.25 bits per heavy atom. The number of oxime groups is 1. The minimum Gasteiger partial charge on any atom is -0.496 e. The van der Waals surface area contributed by atoms with Crippen molar-refractivity contribution in [3.8, 4) is 5.75 Å². The molecular weight excluding hydrogens is 851 g/mol. The van der Waals surface area contributed by atoms with Crippen LogP contribution in [0.15, 0.2) is 59.1 Å². The Labute approximate surface area is 386 Å². The average Bonchev–Trinajstić information content (AvgIpc) is 3.80. The third kappa shape index (κ3) is 12.0. The zero-order valence-corrected chi connectivity index (χ0v) is 40.6. The number of ether oxygens (including phenoxy) is 4. The number of nitrogens with one attached hydrogen (secondary N) is 2.